The van der Waals surface area contributed by atoms with Gasteiger partial charge in [0.25, 0.3) is 0 Å². The Morgan fingerprint density at radius 3 is 2.50 bits per heavy atom. The molecule has 0 atom stereocenters. The van der Waals surface area contributed by atoms with E-state index in [1.165, 1.54) is 6.92 Å². The van der Waals surface area contributed by atoms with Gasteiger partial charge in [-0.2, -0.15) is 0 Å². The van der Waals surface area contributed by atoms with Crippen LogP contribution >= 0.6 is 0 Å². The van der Waals surface area contributed by atoms with Crippen LogP contribution in [-0.4, -0.2) is 5.71 Å². The molecule has 0 radical (unpaired) electrons. The van der Waals surface area contributed by atoms with E-state index >= 15 is 0 Å². The van der Waals surface area contributed by atoms with E-state index < -0.39 is 0 Å². The molecule has 74 valence electrons. The summed E-state index contributed by atoms with van der Waals surface area (Å²) < 4.78 is 0. The quantitative estimate of drug-likeness (QED) is 0.527. The first kappa shape index (κ1) is 10.5. The zero-order valence-electron chi connectivity index (χ0n) is 8.53. The average Bonchev–Trinajstić information content (AvgIpc) is 2.15. The summed E-state index contributed by atoms with van der Waals surface area (Å²) in [5, 5.41) is 10.7. The maximum absolute atomic E-state index is 10.7. The molecule has 0 N–H and O–H groups in total. The first-order chi connectivity index (χ1) is 6.68. The molecule has 0 fully saturated rings. The summed E-state index contributed by atoms with van der Waals surface area (Å²) in [5.74, 6) is 0.0410. The van der Waals surface area contributed by atoms with Gasteiger partial charge >= 0.3 is 0 Å². The highest BCUT2D eigenvalue weighted by Crippen LogP contribution is 2.00. The molecule has 0 heterocycles. The Bertz CT molecular complexity index is 335. The average molecular weight is 188 g/mol. The zero-order chi connectivity index (χ0) is 10.4. The highest BCUT2D eigenvalue weighted by atomic mass is 16.3. The van der Waals surface area contributed by atoms with Crippen molar-refractivity contribution in [2.75, 3.05) is 0 Å². The Kier molecular flexibility index (Phi) is 3.92. The first-order valence-corrected chi connectivity index (χ1v) is 4.59. The van der Waals surface area contributed by atoms with E-state index in [1.807, 2.05) is 37.3 Å². The standard InChI is InChI=1S/C12H15NO/c1-10(8-11(2)14)13-9-12-6-4-3-5-7-12/h3-8,14H,9H2,1-2H3/p-1/b11-8-,13-10?. The molecule has 0 aromatic heterocycles. The topological polar surface area (TPSA) is 35.4 Å². The van der Waals surface area contributed by atoms with Crippen molar-refractivity contribution in [3.8, 4) is 0 Å². The van der Waals surface area contributed by atoms with Crippen molar-refractivity contribution < 1.29 is 5.11 Å². The van der Waals surface area contributed by atoms with Crippen molar-refractivity contribution in [3.63, 3.8) is 0 Å². The molecule has 0 aliphatic rings. The van der Waals surface area contributed by atoms with Crippen LogP contribution in [0.4, 0.5) is 0 Å². The number of hydrogen-bond donors (Lipinski definition) is 0. The molecule has 0 saturated heterocycles. The molecule has 0 spiro atoms. The maximum Gasteiger partial charge on any atom is 0.0642 e. The second-order valence-corrected chi connectivity index (χ2v) is 3.20. The van der Waals surface area contributed by atoms with Crippen LogP contribution in [0, 0.1) is 0 Å². The third-order valence-electron chi connectivity index (χ3n) is 1.77. The van der Waals surface area contributed by atoms with Gasteiger partial charge in [-0.3, -0.25) is 4.99 Å². The Morgan fingerprint density at radius 1 is 1.29 bits per heavy atom. The Labute approximate surface area is 84.6 Å². The maximum atomic E-state index is 10.7. The summed E-state index contributed by atoms with van der Waals surface area (Å²) >= 11 is 0. The smallest absolute Gasteiger partial charge is 0.0642 e. The summed E-state index contributed by atoms with van der Waals surface area (Å²) in [6.07, 6.45) is 1.54. The largest absolute Gasteiger partial charge is 0.876 e. The van der Waals surface area contributed by atoms with Crippen LogP contribution in [0.25, 0.3) is 0 Å². The minimum atomic E-state index is 0.0410. The highest BCUT2D eigenvalue weighted by molar-refractivity contribution is 5.92. The third kappa shape index (κ3) is 3.90. The van der Waals surface area contributed by atoms with Gasteiger partial charge in [0.05, 0.1) is 6.54 Å². The monoisotopic (exact) mass is 188 g/mol. The summed E-state index contributed by atoms with van der Waals surface area (Å²) in [5.41, 5.74) is 1.94. The summed E-state index contributed by atoms with van der Waals surface area (Å²) in [6.45, 7) is 4.00. The second-order valence-electron chi connectivity index (χ2n) is 3.20. The molecule has 0 aliphatic carbocycles. The summed E-state index contributed by atoms with van der Waals surface area (Å²) in [7, 11) is 0. The van der Waals surface area contributed by atoms with E-state index in [9.17, 15) is 5.11 Å². The fourth-order valence-corrected chi connectivity index (χ4v) is 1.14. The van der Waals surface area contributed by atoms with Gasteiger partial charge in [0.2, 0.25) is 0 Å². The van der Waals surface area contributed by atoms with E-state index in [0.29, 0.717) is 6.54 Å². The molecule has 1 rings (SSSR count). The molecule has 0 amide bonds. The third-order valence-corrected chi connectivity index (χ3v) is 1.77. The van der Waals surface area contributed by atoms with Gasteiger partial charge in [0.1, 0.15) is 0 Å². The molecule has 0 saturated carbocycles. The van der Waals surface area contributed by atoms with E-state index in [2.05, 4.69) is 4.99 Å². The fraction of sp³-hybridized carbons (Fsp3) is 0.250. The van der Waals surface area contributed by atoms with Crippen molar-refractivity contribution in [2.24, 2.45) is 4.99 Å². The SMILES string of the molecule is CC(/C=C(/C)[O-])=NCc1ccccc1. The fourth-order valence-electron chi connectivity index (χ4n) is 1.14. The van der Waals surface area contributed by atoms with Gasteiger partial charge in [0, 0.05) is 5.71 Å². The predicted octanol–water partition coefficient (Wildman–Crippen LogP) is 1.91. The lowest BCUT2D eigenvalue weighted by Crippen LogP contribution is -2.01. The first-order valence-electron chi connectivity index (χ1n) is 4.59. The van der Waals surface area contributed by atoms with Crippen LogP contribution in [0.5, 0.6) is 0 Å². The Balaban J connectivity index is 2.60. The molecular formula is C12H14NO-. The lowest BCUT2D eigenvalue weighted by atomic mass is 10.2. The van der Waals surface area contributed by atoms with Gasteiger partial charge in [-0.15, -0.1) is 5.76 Å². The van der Waals surface area contributed by atoms with E-state index in [4.69, 9.17) is 0 Å². The number of aliphatic imine (C=N–C) groups is 1. The summed E-state index contributed by atoms with van der Waals surface area (Å²) in [6, 6.07) is 9.97. The minimum Gasteiger partial charge on any atom is -0.876 e. The number of benzene rings is 1. The van der Waals surface area contributed by atoms with Crippen molar-refractivity contribution >= 4 is 5.71 Å². The van der Waals surface area contributed by atoms with Crippen LogP contribution < -0.4 is 5.11 Å². The van der Waals surface area contributed by atoms with Crippen LogP contribution in [0.1, 0.15) is 19.4 Å². The number of allylic oxidation sites excluding steroid dienone is 2. The molecular weight excluding hydrogens is 174 g/mol. The van der Waals surface area contributed by atoms with E-state index in [0.717, 1.165) is 11.3 Å². The van der Waals surface area contributed by atoms with Gasteiger partial charge in [-0.05, 0) is 12.5 Å². The van der Waals surface area contributed by atoms with Crippen molar-refractivity contribution in [3.05, 3.63) is 47.7 Å². The molecule has 14 heavy (non-hydrogen) atoms. The van der Waals surface area contributed by atoms with Gasteiger partial charge in [-0.25, -0.2) is 0 Å². The van der Waals surface area contributed by atoms with E-state index in [1.54, 1.807) is 6.08 Å². The van der Waals surface area contributed by atoms with Gasteiger partial charge in [-0.1, -0.05) is 43.3 Å². The van der Waals surface area contributed by atoms with Gasteiger partial charge in [0.15, 0.2) is 0 Å². The lowest BCUT2D eigenvalue weighted by molar-refractivity contribution is -0.301. The number of nitrogens with zero attached hydrogens (tertiary/aromatic N) is 1. The normalized spacial score (nSPS) is 13.0. The molecule has 0 bridgehead atoms. The van der Waals surface area contributed by atoms with Crippen LogP contribution in [0.3, 0.4) is 0 Å². The second kappa shape index (κ2) is 5.22. The lowest BCUT2D eigenvalue weighted by Gasteiger charge is -2.03. The summed E-state index contributed by atoms with van der Waals surface area (Å²) in [4.78, 5) is 4.27. The van der Waals surface area contributed by atoms with Gasteiger partial charge < -0.3 is 5.11 Å². The Morgan fingerprint density at radius 2 is 1.93 bits per heavy atom. The molecule has 2 heteroatoms. The van der Waals surface area contributed by atoms with Crippen LogP contribution in [-0.2, 0) is 6.54 Å². The van der Waals surface area contributed by atoms with Crippen molar-refractivity contribution in [1.29, 1.82) is 0 Å². The molecule has 0 aliphatic heterocycles. The number of rotatable bonds is 3. The zero-order valence-corrected chi connectivity index (χ0v) is 8.53. The van der Waals surface area contributed by atoms with Crippen LogP contribution in [0.15, 0.2) is 47.2 Å². The minimum absolute atomic E-state index is 0.0410. The molecule has 1 aromatic carbocycles. The number of hydrogen-bond acceptors (Lipinski definition) is 2. The Hall–Kier alpha value is -1.57. The predicted molar refractivity (Wildman–Crippen MR) is 57.0 cm³/mol. The van der Waals surface area contributed by atoms with Crippen LogP contribution in [0.2, 0.25) is 0 Å². The van der Waals surface area contributed by atoms with Crippen molar-refractivity contribution in [1.82, 2.24) is 0 Å². The molecule has 0 unspecified atom stereocenters. The highest BCUT2D eigenvalue weighted by Gasteiger charge is 1.88. The van der Waals surface area contributed by atoms with Crippen molar-refractivity contribution in [2.45, 2.75) is 20.4 Å². The molecule has 1 aromatic rings. The van der Waals surface area contributed by atoms with E-state index in [-0.39, 0.29) is 5.76 Å². The molecule has 2 nitrogen and oxygen atoms in total.